The Morgan fingerprint density at radius 1 is 1.29 bits per heavy atom. The van der Waals surface area contributed by atoms with Gasteiger partial charge >= 0.3 is 0 Å². The number of amides is 2. The number of imidazole rings is 1. The summed E-state index contributed by atoms with van der Waals surface area (Å²) < 4.78 is 15.6. The Morgan fingerprint density at radius 3 is 2.82 bits per heavy atom. The molecule has 6 nitrogen and oxygen atoms in total. The van der Waals surface area contributed by atoms with Crippen LogP contribution in [0.25, 0.3) is 0 Å². The lowest BCUT2D eigenvalue weighted by molar-refractivity contribution is 0.0786. The zero-order valence-electron chi connectivity index (χ0n) is 16.5. The Morgan fingerprint density at radius 2 is 2.07 bits per heavy atom. The standard InChI is InChI=1S/C21H27FN4O2/c1-3-4-12-25(2)21(28)18-17-11-7-8-13-26(17)19(24-18)20(27)23-14-15-9-5-6-10-16(15)22/h5-6,9-10H,3-4,7-8,11-14H2,1-2H3,(H,23,27). The van der Waals surface area contributed by atoms with E-state index in [-0.39, 0.29) is 30.0 Å². The molecule has 2 aromatic rings. The van der Waals surface area contributed by atoms with Crippen molar-refractivity contribution in [2.45, 2.75) is 52.1 Å². The zero-order valence-corrected chi connectivity index (χ0v) is 16.5. The van der Waals surface area contributed by atoms with Crippen LogP contribution in [0.5, 0.6) is 0 Å². The first-order chi connectivity index (χ1) is 13.5. The average molecular weight is 386 g/mol. The van der Waals surface area contributed by atoms with Gasteiger partial charge in [0.25, 0.3) is 11.8 Å². The van der Waals surface area contributed by atoms with Crippen LogP contribution in [0.15, 0.2) is 24.3 Å². The van der Waals surface area contributed by atoms with Crippen LogP contribution in [0, 0.1) is 5.82 Å². The lowest BCUT2D eigenvalue weighted by Gasteiger charge is -2.19. The smallest absolute Gasteiger partial charge is 0.287 e. The molecule has 7 heteroatoms. The van der Waals surface area contributed by atoms with Crippen LogP contribution >= 0.6 is 0 Å². The number of unbranched alkanes of at least 4 members (excludes halogenated alkanes) is 1. The maximum Gasteiger partial charge on any atom is 0.287 e. The first-order valence-electron chi connectivity index (χ1n) is 9.89. The summed E-state index contributed by atoms with van der Waals surface area (Å²) in [4.78, 5) is 31.7. The van der Waals surface area contributed by atoms with Crippen molar-refractivity contribution in [2.24, 2.45) is 0 Å². The molecule has 1 N–H and O–H groups in total. The van der Waals surface area contributed by atoms with Gasteiger partial charge in [0.2, 0.25) is 0 Å². The van der Waals surface area contributed by atoms with Crippen molar-refractivity contribution in [2.75, 3.05) is 13.6 Å². The molecule has 2 amide bonds. The highest BCUT2D eigenvalue weighted by Gasteiger charge is 2.28. The number of halogens is 1. The second-order valence-corrected chi connectivity index (χ2v) is 7.19. The summed E-state index contributed by atoms with van der Waals surface area (Å²) in [5.41, 5.74) is 1.61. The van der Waals surface area contributed by atoms with Crippen LogP contribution < -0.4 is 5.32 Å². The number of nitrogens with one attached hydrogen (secondary N) is 1. The number of carbonyl (C=O) groups excluding carboxylic acids is 2. The van der Waals surface area contributed by atoms with E-state index in [1.54, 1.807) is 30.1 Å². The minimum Gasteiger partial charge on any atom is -0.345 e. The summed E-state index contributed by atoms with van der Waals surface area (Å²) in [7, 11) is 1.77. The van der Waals surface area contributed by atoms with Gasteiger partial charge in [-0.15, -0.1) is 0 Å². The van der Waals surface area contributed by atoms with Crippen molar-refractivity contribution in [3.63, 3.8) is 0 Å². The molecule has 2 heterocycles. The van der Waals surface area contributed by atoms with Gasteiger partial charge in [-0.05, 0) is 31.7 Å². The third-order valence-corrected chi connectivity index (χ3v) is 5.11. The molecule has 0 spiro atoms. The molecule has 0 bridgehead atoms. The van der Waals surface area contributed by atoms with Crippen molar-refractivity contribution in [1.82, 2.24) is 19.8 Å². The van der Waals surface area contributed by atoms with E-state index in [9.17, 15) is 14.0 Å². The topological polar surface area (TPSA) is 67.2 Å². The van der Waals surface area contributed by atoms with Gasteiger partial charge in [0.05, 0.1) is 5.69 Å². The van der Waals surface area contributed by atoms with E-state index < -0.39 is 0 Å². The molecule has 0 aliphatic carbocycles. The molecule has 1 aromatic carbocycles. The summed E-state index contributed by atoms with van der Waals surface area (Å²) in [5.74, 6) is -0.659. The van der Waals surface area contributed by atoms with Gasteiger partial charge < -0.3 is 14.8 Å². The predicted octanol–water partition coefficient (Wildman–Crippen LogP) is 3.16. The highest BCUT2D eigenvalue weighted by Crippen LogP contribution is 2.22. The lowest BCUT2D eigenvalue weighted by Crippen LogP contribution is -2.29. The quantitative estimate of drug-likeness (QED) is 0.795. The Bertz CT molecular complexity index is 862. The fraction of sp³-hybridized carbons (Fsp3) is 0.476. The third kappa shape index (κ3) is 4.24. The van der Waals surface area contributed by atoms with E-state index in [0.29, 0.717) is 24.3 Å². The second kappa shape index (κ2) is 8.99. The minimum atomic E-state index is -0.387. The highest BCUT2D eigenvalue weighted by atomic mass is 19.1. The summed E-state index contributed by atoms with van der Waals surface area (Å²) >= 11 is 0. The number of benzene rings is 1. The molecular formula is C21H27FN4O2. The molecular weight excluding hydrogens is 359 g/mol. The van der Waals surface area contributed by atoms with Crippen LogP contribution in [0.4, 0.5) is 4.39 Å². The fourth-order valence-corrected chi connectivity index (χ4v) is 3.46. The SMILES string of the molecule is CCCCN(C)C(=O)c1nc(C(=O)NCc2ccccc2F)n2c1CCCC2. The van der Waals surface area contributed by atoms with Crippen molar-refractivity contribution in [3.8, 4) is 0 Å². The van der Waals surface area contributed by atoms with E-state index in [2.05, 4.69) is 17.2 Å². The van der Waals surface area contributed by atoms with Crippen molar-refractivity contribution >= 4 is 11.8 Å². The maximum atomic E-state index is 13.8. The molecule has 1 aliphatic rings. The fourth-order valence-electron chi connectivity index (χ4n) is 3.46. The summed E-state index contributed by atoms with van der Waals surface area (Å²) in [6.07, 6.45) is 4.57. The molecule has 28 heavy (non-hydrogen) atoms. The molecule has 0 saturated heterocycles. The van der Waals surface area contributed by atoms with Crippen molar-refractivity contribution in [1.29, 1.82) is 0 Å². The minimum absolute atomic E-state index is 0.0768. The molecule has 0 unspecified atom stereocenters. The van der Waals surface area contributed by atoms with E-state index in [1.165, 1.54) is 6.07 Å². The monoisotopic (exact) mass is 386 g/mol. The number of fused-ring (bicyclic) bond motifs is 1. The van der Waals surface area contributed by atoms with Crippen LogP contribution in [-0.2, 0) is 19.5 Å². The normalized spacial score (nSPS) is 13.1. The number of rotatable bonds is 7. The number of nitrogens with zero attached hydrogens (tertiary/aromatic N) is 3. The van der Waals surface area contributed by atoms with Gasteiger partial charge in [0.15, 0.2) is 5.82 Å². The Kier molecular flexibility index (Phi) is 6.44. The van der Waals surface area contributed by atoms with Gasteiger partial charge in [-0.1, -0.05) is 31.5 Å². The third-order valence-electron chi connectivity index (χ3n) is 5.11. The second-order valence-electron chi connectivity index (χ2n) is 7.19. The Balaban J connectivity index is 1.81. The van der Waals surface area contributed by atoms with E-state index in [4.69, 9.17) is 0 Å². The van der Waals surface area contributed by atoms with Crippen LogP contribution in [0.1, 0.15) is 65.0 Å². The molecule has 0 radical (unpaired) electrons. The van der Waals surface area contributed by atoms with Gasteiger partial charge in [-0.2, -0.15) is 0 Å². The van der Waals surface area contributed by atoms with Crippen LogP contribution in [-0.4, -0.2) is 39.9 Å². The van der Waals surface area contributed by atoms with Gasteiger partial charge in [0.1, 0.15) is 11.5 Å². The number of hydrogen-bond acceptors (Lipinski definition) is 3. The largest absolute Gasteiger partial charge is 0.345 e. The Hall–Kier alpha value is -2.70. The molecule has 0 fully saturated rings. The van der Waals surface area contributed by atoms with Gasteiger partial charge in [-0.25, -0.2) is 9.37 Å². The molecule has 0 saturated carbocycles. The molecule has 0 atom stereocenters. The zero-order chi connectivity index (χ0) is 20.1. The number of carbonyl (C=O) groups is 2. The van der Waals surface area contributed by atoms with Crippen molar-refractivity contribution < 1.29 is 14.0 Å². The van der Waals surface area contributed by atoms with Crippen LogP contribution in [0.3, 0.4) is 0 Å². The summed E-state index contributed by atoms with van der Waals surface area (Å²) in [6.45, 7) is 3.48. The average Bonchev–Trinajstić information content (AvgIpc) is 3.10. The Labute approximate surface area is 164 Å². The van der Waals surface area contributed by atoms with Gasteiger partial charge in [0, 0.05) is 32.2 Å². The molecule has 1 aromatic heterocycles. The van der Waals surface area contributed by atoms with E-state index in [0.717, 1.165) is 37.8 Å². The first kappa shape index (κ1) is 20.0. The van der Waals surface area contributed by atoms with Crippen molar-refractivity contribution in [3.05, 3.63) is 52.9 Å². The number of aromatic nitrogens is 2. The maximum absolute atomic E-state index is 13.8. The van der Waals surface area contributed by atoms with Gasteiger partial charge in [-0.3, -0.25) is 9.59 Å². The highest BCUT2D eigenvalue weighted by molar-refractivity contribution is 5.97. The predicted molar refractivity (Wildman–Crippen MR) is 105 cm³/mol. The molecule has 1 aliphatic heterocycles. The first-order valence-corrected chi connectivity index (χ1v) is 9.89. The lowest BCUT2D eigenvalue weighted by atomic mass is 10.1. The number of hydrogen-bond donors (Lipinski definition) is 1. The van der Waals surface area contributed by atoms with Crippen LogP contribution in [0.2, 0.25) is 0 Å². The summed E-state index contributed by atoms with van der Waals surface area (Å²) in [6, 6.07) is 6.33. The summed E-state index contributed by atoms with van der Waals surface area (Å²) in [5, 5.41) is 2.73. The molecule has 3 rings (SSSR count). The van der Waals surface area contributed by atoms with E-state index in [1.807, 2.05) is 4.57 Å². The van der Waals surface area contributed by atoms with E-state index >= 15 is 0 Å². The molecule has 150 valence electrons.